The predicted molar refractivity (Wildman–Crippen MR) is 47.0 cm³/mol. The molecule has 1 atom stereocenters. The number of rotatable bonds is 3. The number of quaternary nitrogens is 1. The van der Waals surface area contributed by atoms with Crippen LogP contribution in [0.3, 0.4) is 0 Å². The van der Waals surface area contributed by atoms with Crippen molar-refractivity contribution < 1.29 is 14.4 Å². The Morgan fingerprint density at radius 2 is 2.23 bits per heavy atom. The van der Waals surface area contributed by atoms with E-state index in [0.717, 1.165) is 0 Å². The van der Waals surface area contributed by atoms with Crippen molar-refractivity contribution >= 4 is 5.97 Å². The van der Waals surface area contributed by atoms with Gasteiger partial charge in [0, 0.05) is 12.4 Å². The molecule has 0 aromatic carbocycles. The van der Waals surface area contributed by atoms with Crippen LogP contribution in [0.4, 0.5) is 0 Å². The summed E-state index contributed by atoms with van der Waals surface area (Å²) >= 11 is 0. The topological polar surface area (TPSA) is 66.0 Å². The monoisotopic (exact) mass is 184 g/mol. The smallest absolute Gasteiger partial charge is 0.370 e. The number of nitrogens with zero attached hydrogens (tertiary/aromatic N) is 2. The van der Waals surface area contributed by atoms with Crippen molar-refractivity contribution in [2.24, 2.45) is 0 Å². The molecular weight excluding hydrogens is 170 g/mol. The first-order valence-corrected chi connectivity index (χ1v) is 3.96. The van der Waals surface area contributed by atoms with Crippen LogP contribution in [-0.4, -0.2) is 46.7 Å². The standard InChI is InChI=1S/C8H13N3O2/c1-11(2,3)6(8(12)13)7-9-4-5-10-7/h4-6H,1-3H3,(H-,9,10,12,13)/p+1. The number of likely N-dealkylation sites (N-methyl/N-ethyl adjacent to an activating group) is 1. The number of aromatic amines is 1. The number of carbonyl (C=O) groups is 1. The van der Waals surface area contributed by atoms with E-state index in [1.165, 1.54) is 0 Å². The summed E-state index contributed by atoms with van der Waals surface area (Å²) in [6, 6.07) is -0.644. The van der Waals surface area contributed by atoms with Gasteiger partial charge in [0.1, 0.15) is 0 Å². The molecule has 72 valence electrons. The molecule has 1 rings (SSSR count). The van der Waals surface area contributed by atoms with Gasteiger partial charge in [0.25, 0.3) is 0 Å². The lowest BCUT2D eigenvalue weighted by Crippen LogP contribution is -2.43. The minimum absolute atomic E-state index is 0.308. The summed E-state index contributed by atoms with van der Waals surface area (Å²) in [4.78, 5) is 17.7. The Kier molecular flexibility index (Phi) is 2.38. The molecule has 5 heteroatoms. The van der Waals surface area contributed by atoms with Gasteiger partial charge in [-0.15, -0.1) is 0 Å². The highest BCUT2D eigenvalue weighted by atomic mass is 16.4. The van der Waals surface area contributed by atoms with Crippen LogP contribution in [0, 0.1) is 0 Å². The van der Waals surface area contributed by atoms with Crippen molar-refractivity contribution in [1.82, 2.24) is 9.97 Å². The zero-order chi connectivity index (χ0) is 10.1. The zero-order valence-corrected chi connectivity index (χ0v) is 7.98. The predicted octanol–water partition coefficient (Wildman–Crippen LogP) is 0.242. The minimum Gasteiger partial charge on any atom is -0.476 e. The van der Waals surface area contributed by atoms with Crippen molar-refractivity contribution in [2.75, 3.05) is 21.1 Å². The molecule has 1 aromatic rings. The van der Waals surface area contributed by atoms with E-state index in [0.29, 0.717) is 10.3 Å². The molecule has 0 fully saturated rings. The molecular formula is C8H14N3O2+. The van der Waals surface area contributed by atoms with E-state index in [9.17, 15) is 4.79 Å². The molecule has 1 heterocycles. The zero-order valence-electron chi connectivity index (χ0n) is 7.98. The van der Waals surface area contributed by atoms with Crippen LogP contribution >= 0.6 is 0 Å². The summed E-state index contributed by atoms with van der Waals surface area (Å²) in [6.45, 7) is 0. The molecule has 0 saturated carbocycles. The molecule has 0 radical (unpaired) electrons. The molecule has 1 aromatic heterocycles. The first-order valence-electron chi connectivity index (χ1n) is 3.96. The fraction of sp³-hybridized carbons (Fsp3) is 0.500. The highest BCUT2D eigenvalue weighted by Gasteiger charge is 2.35. The fourth-order valence-electron chi connectivity index (χ4n) is 1.24. The summed E-state index contributed by atoms with van der Waals surface area (Å²) in [5.41, 5.74) is 0. The van der Waals surface area contributed by atoms with Crippen LogP contribution in [0.1, 0.15) is 11.9 Å². The largest absolute Gasteiger partial charge is 0.476 e. The SMILES string of the molecule is C[N+](C)(C)C(C(=O)O)c1ncc[nH]1. The Morgan fingerprint density at radius 1 is 1.62 bits per heavy atom. The molecule has 0 spiro atoms. The lowest BCUT2D eigenvalue weighted by Gasteiger charge is -2.29. The molecule has 0 aliphatic rings. The molecule has 13 heavy (non-hydrogen) atoms. The van der Waals surface area contributed by atoms with Crippen molar-refractivity contribution in [3.63, 3.8) is 0 Å². The number of H-pyrrole nitrogens is 1. The van der Waals surface area contributed by atoms with Crippen LogP contribution in [-0.2, 0) is 4.79 Å². The van der Waals surface area contributed by atoms with Gasteiger partial charge >= 0.3 is 5.97 Å². The number of hydrogen-bond acceptors (Lipinski definition) is 2. The molecule has 0 saturated heterocycles. The van der Waals surface area contributed by atoms with E-state index in [1.54, 1.807) is 12.4 Å². The molecule has 0 bridgehead atoms. The third kappa shape index (κ3) is 2.06. The molecule has 0 aliphatic carbocycles. The van der Waals surface area contributed by atoms with Gasteiger partial charge in [0.2, 0.25) is 6.04 Å². The first kappa shape index (κ1) is 9.73. The summed E-state index contributed by atoms with van der Waals surface area (Å²) < 4.78 is 0.308. The van der Waals surface area contributed by atoms with E-state index < -0.39 is 12.0 Å². The lowest BCUT2D eigenvalue weighted by atomic mass is 10.2. The van der Waals surface area contributed by atoms with Crippen molar-refractivity contribution in [3.8, 4) is 0 Å². The summed E-state index contributed by atoms with van der Waals surface area (Å²) in [5, 5.41) is 9.01. The van der Waals surface area contributed by atoms with Gasteiger partial charge in [-0.3, -0.25) is 0 Å². The molecule has 2 N–H and O–H groups in total. The summed E-state index contributed by atoms with van der Waals surface area (Å²) in [5.74, 6) is -0.387. The normalized spacial score (nSPS) is 14.1. The molecule has 5 nitrogen and oxygen atoms in total. The highest BCUT2D eigenvalue weighted by Crippen LogP contribution is 2.19. The number of aromatic nitrogens is 2. The maximum Gasteiger partial charge on any atom is 0.370 e. The third-order valence-corrected chi connectivity index (χ3v) is 1.79. The van der Waals surface area contributed by atoms with E-state index in [4.69, 9.17) is 5.11 Å². The number of nitrogens with one attached hydrogen (secondary N) is 1. The van der Waals surface area contributed by atoms with E-state index in [2.05, 4.69) is 9.97 Å². The van der Waals surface area contributed by atoms with E-state index in [1.807, 2.05) is 21.1 Å². The number of carboxylic acids is 1. The third-order valence-electron chi connectivity index (χ3n) is 1.79. The van der Waals surface area contributed by atoms with Gasteiger partial charge in [-0.2, -0.15) is 0 Å². The lowest BCUT2D eigenvalue weighted by molar-refractivity contribution is -0.893. The second-order valence-electron chi connectivity index (χ2n) is 3.83. The van der Waals surface area contributed by atoms with Gasteiger partial charge in [0.05, 0.1) is 21.1 Å². The summed E-state index contributed by atoms with van der Waals surface area (Å²) in [6.07, 6.45) is 3.18. The Bertz CT molecular complexity index is 287. The Balaban J connectivity index is 3.01. The van der Waals surface area contributed by atoms with Crippen molar-refractivity contribution in [3.05, 3.63) is 18.2 Å². The van der Waals surface area contributed by atoms with Gasteiger partial charge < -0.3 is 14.6 Å². The molecule has 0 amide bonds. The Hall–Kier alpha value is -1.36. The van der Waals surface area contributed by atoms with Crippen LogP contribution in [0.2, 0.25) is 0 Å². The highest BCUT2D eigenvalue weighted by molar-refractivity contribution is 5.72. The van der Waals surface area contributed by atoms with E-state index in [-0.39, 0.29) is 0 Å². The summed E-state index contributed by atoms with van der Waals surface area (Å²) in [7, 11) is 5.46. The fourth-order valence-corrected chi connectivity index (χ4v) is 1.24. The maximum atomic E-state index is 11.0. The number of aliphatic carboxylic acids is 1. The van der Waals surface area contributed by atoms with Crippen molar-refractivity contribution in [2.45, 2.75) is 6.04 Å². The minimum atomic E-state index is -0.873. The van der Waals surface area contributed by atoms with Gasteiger partial charge in [-0.1, -0.05) is 0 Å². The number of imidazole rings is 1. The van der Waals surface area contributed by atoms with Gasteiger partial charge in [-0.05, 0) is 0 Å². The molecule has 1 unspecified atom stereocenters. The number of hydrogen-bond donors (Lipinski definition) is 2. The quantitative estimate of drug-likeness (QED) is 0.661. The van der Waals surface area contributed by atoms with Crippen LogP contribution in [0.5, 0.6) is 0 Å². The second-order valence-corrected chi connectivity index (χ2v) is 3.83. The van der Waals surface area contributed by atoms with E-state index >= 15 is 0 Å². The van der Waals surface area contributed by atoms with Crippen LogP contribution in [0.25, 0.3) is 0 Å². The Morgan fingerprint density at radius 3 is 2.54 bits per heavy atom. The Labute approximate surface area is 76.6 Å². The van der Waals surface area contributed by atoms with Crippen LogP contribution in [0.15, 0.2) is 12.4 Å². The number of carboxylic acid groups (broad SMARTS) is 1. The molecule has 0 aliphatic heterocycles. The average Bonchev–Trinajstić information content (AvgIpc) is 2.34. The maximum absolute atomic E-state index is 11.0. The van der Waals surface area contributed by atoms with Crippen LogP contribution < -0.4 is 0 Å². The van der Waals surface area contributed by atoms with Gasteiger partial charge in [-0.25, -0.2) is 9.78 Å². The second kappa shape index (κ2) is 3.18. The van der Waals surface area contributed by atoms with Crippen molar-refractivity contribution in [1.29, 1.82) is 0 Å². The average molecular weight is 184 g/mol. The van der Waals surface area contributed by atoms with Gasteiger partial charge in [0.15, 0.2) is 5.82 Å². The first-order chi connectivity index (χ1) is 5.93.